The van der Waals surface area contributed by atoms with Gasteiger partial charge in [0.1, 0.15) is 17.5 Å². The third kappa shape index (κ3) is 11.8. The Kier molecular flexibility index (Phi) is 8.86. The molecule has 0 saturated carbocycles. The van der Waals surface area contributed by atoms with E-state index in [4.69, 9.17) is 19.3 Å². The van der Waals surface area contributed by atoms with Crippen LogP contribution < -0.4 is 0 Å². The predicted molar refractivity (Wildman–Crippen MR) is 80.1 cm³/mol. The molecular weight excluding hydrogens is 390 g/mol. The Balaban J connectivity index is 5.39. The number of hydrogen-bond donors (Lipinski definition) is 6. The second-order valence-electron chi connectivity index (χ2n) is 5.21. The van der Waals surface area contributed by atoms with Crippen LogP contribution in [0, 0.1) is 0 Å². The molecule has 0 aromatic carbocycles. The number of carboxylic acids is 2. The minimum Gasteiger partial charge on any atom is -0.481 e. The molecule has 0 aromatic rings. The normalized spacial score (nSPS) is 16.4. The van der Waals surface area contributed by atoms with Gasteiger partial charge in [-0.1, -0.05) is 0 Å². The molecule has 0 heterocycles. The van der Waals surface area contributed by atoms with Crippen molar-refractivity contribution in [2.24, 2.45) is 0 Å². The highest BCUT2D eigenvalue weighted by Crippen LogP contribution is 2.10. The zero-order valence-electron chi connectivity index (χ0n) is 12.7. The Morgan fingerprint density at radius 2 is 1.20 bits per heavy atom. The zero-order valence-corrected chi connectivity index (χ0v) is 14.3. The van der Waals surface area contributed by atoms with Gasteiger partial charge >= 0.3 is 11.9 Å². The van der Waals surface area contributed by atoms with Gasteiger partial charge in [0, 0.05) is 13.1 Å². The van der Waals surface area contributed by atoms with Crippen molar-refractivity contribution >= 4 is 32.2 Å². The van der Waals surface area contributed by atoms with E-state index >= 15 is 0 Å². The van der Waals surface area contributed by atoms with Crippen LogP contribution in [0.4, 0.5) is 0 Å². The van der Waals surface area contributed by atoms with Gasteiger partial charge in [-0.05, 0) is 0 Å². The van der Waals surface area contributed by atoms with Gasteiger partial charge in [-0.25, -0.2) is 0 Å². The molecule has 0 spiro atoms. The fourth-order valence-electron chi connectivity index (χ4n) is 2.00. The molecule has 0 bridgehead atoms. The molecule has 25 heavy (non-hydrogen) atoms. The number of carboxylic acid groups (broad SMARTS) is 2. The summed E-state index contributed by atoms with van der Waals surface area (Å²) in [7, 11) is -9.27. The molecule has 0 aliphatic carbocycles. The van der Waals surface area contributed by atoms with Gasteiger partial charge in [0.15, 0.2) is 0 Å². The second kappa shape index (κ2) is 9.37. The Labute approximate surface area is 143 Å². The standard InChI is InChI=1S/C10H19NO12S2/c12-6(4-24(18,19)20)2-11(3-7(13)5-25(21,22)23)8(10(16)17)1-9(14)15/h6-8,12-13H,1-5H2,(H,14,15)(H,16,17)(H,18,19,20)(H,21,22,23)/t6?,7?,8-/m0/s1. The maximum absolute atomic E-state index is 11.2. The smallest absolute Gasteiger partial charge is 0.321 e. The van der Waals surface area contributed by atoms with Crippen LogP contribution in [0.5, 0.6) is 0 Å². The maximum Gasteiger partial charge on any atom is 0.321 e. The lowest BCUT2D eigenvalue weighted by atomic mass is 10.1. The summed E-state index contributed by atoms with van der Waals surface area (Å²) in [5.41, 5.74) is 0. The highest BCUT2D eigenvalue weighted by Gasteiger charge is 2.32. The van der Waals surface area contributed by atoms with Crippen molar-refractivity contribution in [2.45, 2.75) is 24.7 Å². The Morgan fingerprint density at radius 1 is 0.840 bits per heavy atom. The summed E-state index contributed by atoms with van der Waals surface area (Å²) in [5, 5.41) is 37.0. The third-order valence-corrected chi connectivity index (χ3v) is 4.40. The molecule has 3 atom stereocenters. The van der Waals surface area contributed by atoms with E-state index in [1.165, 1.54) is 0 Å². The van der Waals surface area contributed by atoms with Gasteiger partial charge < -0.3 is 20.4 Å². The lowest BCUT2D eigenvalue weighted by Crippen LogP contribution is -2.50. The Bertz CT molecular complexity index is 630. The summed E-state index contributed by atoms with van der Waals surface area (Å²) >= 11 is 0. The van der Waals surface area contributed by atoms with Gasteiger partial charge in [0.25, 0.3) is 20.2 Å². The molecular formula is C10H19NO12S2. The number of aliphatic hydroxyl groups is 2. The number of aliphatic carboxylic acids is 2. The van der Waals surface area contributed by atoms with E-state index in [1.54, 1.807) is 0 Å². The fourth-order valence-corrected chi connectivity index (χ4v) is 3.18. The molecule has 0 radical (unpaired) electrons. The molecule has 0 fully saturated rings. The topological polar surface area (TPSA) is 227 Å². The summed E-state index contributed by atoms with van der Waals surface area (Å²) in [4.78, 5) is 22.6. The lowest BCUT2D eigenvalue weighted by Gasteiger charge is -2.31. The van der Waals surface area contributed by atoms with Crippen LogP contribution in [0.3, 0.4) is 0 Å². The monoisotopic (exact) mass is 409 g/mol. The Hall–Kier alpha value is -1.36. The molecule has 15 heteroatoms. The van der Waals surface area contributed by atoms with Gasteiger partial charge in [0.2, 0.25) is 0 Å². The first-order valence-electron chi connectivity index (χ1n) is 6.56. The van der Waals surface area contributed by atoms with Gasteiger partial charge in [-0.3, -0.25) is 23.6 Å². The van der Waals surface area contributed by atoms with Crippen LogP contribution in [0.2, 0.25) is 0 Å². The van der Waals surface area contributed by atoms with Crippen LogP contribution in [0.25, 0.3) is 0 Å². The third-order valence-electron chi connectivity index (χ3n) is 2.79. The molecule has 6 N–H and O–H groups in total. The van der Waals surface area contributed by atoms with E-state index in [0.29, 0.717) is 4.90 Å². The largest absolute Gasteiger partial charge is 0.481 e. The summed E-state index contributed by atoms with van der Waals surface area (Å²) in [6.07, 6.45) is -4.72. The first-order chi connectivity index (χ1) is 11.1. The van der Waals surface area contributed by atoms with E-state index in [0.717, 1.165) is 0 Å². The number of nitrogens with zero attached hydrogens (tertiary/aromatic N) is 1. The lowest BCUT2D eigenvalue weighted by molar-refractivity contribution is -0.150. The second-order valence-corrected chi connectivity index (χ2v) is 8.20. The highest BCUT2D eigenvalue weighted by atomic mass is 32.2. The highest BCUT2D eigenvalue weighted by molar-refractivity contribution is 7.86. The van der Waals surface area contributed by atoms with Gasteiger partial charge in [-0.2, -0.15) is 16.8 Å². The first kappa shape index (κ1) is 23.6. The van der Waals surface area contributed by atoms with Crippen molar-refractivity contribution < 1.29 is 56.0 Å². The van der Waals surface area contributed by atoms with Crippen LogP contribution in [0.15, 0.2) is 0 Å². The van der Waals surface area contributed by atoms with Crippen molar-refractivity contribution in [1.29, 1.82) is 0 Å². The molecule has 0 rings (SSSR count). The molecule has 13 nitrogen and oxygen atoms in total. The average Bonchev–Trinajstić information content (AvgIpc) is 2.29. The summed E-state index contributed by atoms with van der Waals surface area (Å²) in [6.45, 7) is -1.63. The van der Waals surface area contributed by atoms with Crippen molar-refractivity contribution in [3.8, 4) is 0 Å². The molecule has 0 aromatic heterocycles. The van der Waals surface area contributed by atoms with Crippen molar-refractivity contribution in [2.75, 3.05) is 24.6 Å². The first-order valence-corrected chi connectivity index (χ1v) is 9.77. The number of carbonyl (C=O) groups is 2. The summed E-state index contributed by atoms with van der Waals surface area (Å²) < 4.78 is 60.2. The van der Waals surface area contributed by atoms with E-state index in [9.17, 15) is 36.6 Å². The van der Waals surface area contributed by atoms with E-state index in [1.807, 2.05) is 0 Å². The molecule has 148 valence electrons. The predicted octanol–water partition coefficient (Wildman–Crippen LogP) is -3.29. The molecule has 0 saturated heterocycles. The average molecular weight is 409 g/mol. The summed E-state index contributed by atoms with van der Waals surface area (Å²) in [6, 6.07) is -1.84. The van der Waals surface area contributed by atoms with Crippen molar-refractivity contribution in [3.05, 3.63) is 0 Å². The van der Waals surface area contributed by atoms with Crippen LogP contribution in [0.1, 0.15) is 6.42 Å². The summed E-state index contributed by atoms with van der Waals surface area (Å²) in [5.74, 6) is -5.65. The molecule has 0 amide bonds. The minimum absolute atomic E-state index is 0.627. The van der Waals surface area contributed by atoms with Gasteiger partial charge in [-0.15, -0.1) is 0 Å². The zero-order chi connectivity index (χ0) is 20.0. The SMILES string of the molecule is O=C(O)C[C@@H](C(=O)O)N(CC(O)CS(=O)(=O)O)CC(O)CS(=O)(=O)O. The van der Waals surface area contributed by atoms with E-state index in [2.05, 4.69) is 0 Å². The number of hydrogen-bond acceptors (Lipinski definition) is 9. The maximum atomic E-state index is 11.2. The van der Waals surface area contributed by atoms with Gasteiger partial charge in [0.05, 0.1) is 18.6 Å². The number of rotatable bonds is 12. The van der Waals surface area contributed by atoms with Crippen LogP contribution in [-0.2, 0) is 29.8 Å². The minimum atomic E-state index is -4.63. The van der Waals surface area contributed by atoms with Crippen molar-refractivity contribution in [3.63, 3.8) is 0 Å². The fraction of sp³-hybridized carbons (Fsp3) is 0.800. The Morgan fingerprint density at radius 3 is 1.44 bits per heavy atom. The molecule has 2 unspecified atom stereocenters. The quantitative estimate of drug-likeness (QED) is 0.174. The van der Waals surface area contributed by atoms with Crippen molar-refractivity contribution in [1.82, 2.24) is 4.90 Å². The molecule has 0 aliphatic rings. The number of aliphatic hydroxyl groups excluding tert-OH is 2. The van der Waals surface area contributed by atoms with E-state index < -0.39 is 81.4 Å². The van der Waals surface area contributed by atoms with Crippen LogP contribution >= 0.6 is 0 Å². The van der Waals surface area contributed by atoms with Crippen LogP contribution in [-0.4, -0.2) is 106 Å². The molecule has 0 aliphatic heterocycles. The van der Waals surface area contributed by atoms with E-state index in [-0.39, 0.29) is 0 Å².